The van der Waals surface area contributed by atoms with Crippen LogP contribution in [-0.4, -0.2) is 36.2 Å². The molecule has 1 aromatic carbocycles. The molecule has 27 heavy (non-hydrogen) atoms. The van der Waals surface area contributed by atoms with E-state index in [1.54, 1.807) is 6.92 Å². The number of ether oxygens (including phenoxy) is 2. The van der Waals surface area contributed by atoms with E-state index in [1.165, 1.54) is 0 Å². The Kier molecular flexibility index (Phi) is 6.01. The fourth-order valence-corrected chi connectivity index (χ4v) is 3.30. The van der Waals surface area contributed by atoms with Crippen LogP contribution in [-0.2, 0) is 27.1 Å². The highest BCUT2D eigenvalue weighted by molar-refractivity contribution is 6.06. The van der Waals surface area contributed by atoms with E-state index in [0.717, 1.165) is 48.9 Å². The van der Waals surface area contributed by atoms with Gasteiger partial charge in [-0.1, -0.05) is 24.6 Å². The molecule has 0 bridgehead atoms. The van der Waals surface area contributed by atoms with Gasteiger partial charge in [0.2, 0.25) is 0 Å². The summed E-state index contributed by atoms with van der Waals surface area (Å²) in [6.07, 6.45) is 3.83. The van der Waals surface area contributed by atoms with Crippen LogP contribution in [0.5, 0.6) is 0 Å². The molecule has 0 radical (unpaired) electrons. The minimum absolute atomic E-state index is 0.147. The highest BCUT2D eigenvalue weighted by Gasteiger charge is 2.23. The molecular weight excluding hydrogens is 348 g/mol. The number of nitrogens with zero attached hydrogens (tertiary/aromatic N) is 1. The molecule has 142 valence electrons. The number of benzene rings is 1. The third-order valence-electron chi connectivity index (χ3n) is 4.47. The quantitative estimate of drug-likeness (QED) is 0.657. The second-order valence-electron chi connectivity index (χ2n) is 6.33. The van der Waals surface area contributed by atoms with Crippen molar-refractivity contribution in [2.75, 3.05) is 13.2 Å². The third-order valence-corrected chi connectivity index (χ3v) is 4.47. The van der Waals surface area contributed by atoms with Crippen LogP contribution in [0, 0.1) is 0 Å². The van der Waals surface area contributed by atoms with Crippen LogP contribution in [0.3, 0.4) is 0 Å². The van der Waals surface area contributed by atoms with Gasteiger partial charge in [0, 0.05) is 11.1 Å². The summed E-state index contributed by atoms with van der Waals surface area (Å²) in [4.78, 5) is 40.6. The van der Waals surface area contributed by atoms with Gasteiger partial charge in [0.15, 0.2) is 6.61 Å². The topological polar surface area (TPSA) is 94.6 Å². The fourth-order valence-electron chi connectivity index (χ4n) is 3.30. The molecular formula is C20H22N2O5. The minimum Gasteiger partial charge on any atom is -0.452 e. The number of para-hydroxylation sites is 1. The molecule has 2 amide bonds. The van der Waals surface area contributed by atoms with Gasteiger partial charge >= 0.3 is 12.1 Å². The van der Waals surface area contributed by atoms with Crippen molar-refractivity contribution in [2.45, 2.75) is 39.0 Å². The van der Waals surface area contributed by atoms with Crippen molar-refractivity contribution in [1.29, 1.82) is 0 Å². The first-order valence-corrected chi connectivity index (χ1v) is 9.14. The van der Waals surface area contributed by atoms with Crippen molar-refractivity contribution in [2.24, 2.45) is 0 Å². The molecule has 0 spiro atoms. The molecule has 1 heterocycles. The Labute approximate surface area is 157 Å². The van der Waals surface area contributed by atoms with Crippen molar-refractivity contribution in [3.63, 3.8) is 0 Å². The van der Waals surface area contributed by atoms with Gasteiger partial charge in [-0.3, -0.25) is 15.1 Å². The first-order valence-electron chi connectivity index (χ1n) is 9.14. The molecule has 1 aliphatic carbocycles. The zero-order valence-corrected chi connectivity index (χ0v) is 15.2. The van der Waals surface area contributed by atoms with Crippen LogP contribution in [0.15, 0.2) is 24.3 Å². The number of amides is 2. The molecule has 0 atom stereocenters. The lowest BCUT2D eigenvalue weighted by Gasteiger charge is -2.14. The van der Waals surface area contributed by atoms with Gasteiger partial charge in [-0.25, -0.2) is 9.59 Å². The van der Waals surface area contributed by atoms with Crippen molar-refractivity contribution in [3.8, 4) is 0 Å². The summed E-state index contributed by atoms with van der Waals surface area (Å²) in [5, 5.41) is 2.72. The van der Waals surface area contributed by atoms with Crippen molar-refractivity contribution >= 4 is 28.9 Å². The highest BCUT2D eigenvalue weighted by Crippen LogP contribution is 2.29. The van der Waals surface area contributed by atoms with E-state index in [1.807, 2.05) is 29.6 Å². The van der Waals surface area contributed by atoms with Gasteiger partial charge in [-0.15, -0.1) is 0 Å². The maximum atomic E-state index is 12.8. The average molecular weight is 370 g/mol. The maximum Gasteiger partial charge on any atom is 0.413 e. The second kappa shape index (κ2) is 8.62. The van der Waals surface area contributed by atoms with Crippen molar-refractivity contribution < 1.29 is 23.9 Å². The lowest BCUT2D eigenvalue weighted by molar-refractivity contribution is -0.123. The van der Waals surface area contributed by atoms with E-state index >= 15 is 0 Å². The summed E-state index contributed by atoms with van der Waals surface area (Å²) < 4.78 is 9.83. The number of hydrogen-bond donors (Lipinski definition) is 1. The number of fused-ring (bicyclic) bond motifs is 2. The predicted octanol–water partition coefficient (Wildman–Crippen LogP) is 2.93. The Morgan fingerprint density at radius 1 is 1.07 bits per heavy atom. The maximum absolute atomic E-state index is 12.8. The smallest absolute Gasteiger partial charge is 0.413 e. The molecule has 0 saturated carbocycles. The van der Waals surface area contributed by atoms with Gasteiger partial charge in [0.25, 0.3) is 5.91 Å². The Morgan fingerprint density at radius 2 is 1.85 bits per heavy atom. The number of esters is 1. The van der Waals surface area contributed by atoms with Crippen LogP contribution >= 0.6 is 0 Å². The number of imide groups is 1. The van der Waals surface area contributed by atoms with E-state index in [-0.39, 0.29) is 6.61 Å². The number of alkyl carbamates (subject to hydrolysis) is 1. The molecule has 0 saturated heterocycles. The number of pyridine rings is 1. The second-order valence-corrected chi connectivity index (χ2v) is 6.33. The van der Waals surface area contributed by atoms with Crippen molar-refractivity contribution in [3.05, 3.63) is 41.1 Å². The molecule has 7 heteroatoms. The Bertz CT molecular complexity index is 878. The number of aryl methyl sites for hydroxylation is 1. The lowest BCUT2D eigenvalue weighted by Crippen LogP contribution is -2.34. The van der Waals surface area contributed by atoms with Gasteiger partial charge in [-0.2, -0.15) is 0 Å². The largest absolute Gasteiger partial charge is 0.452 e. The van der Waals surface area contributed by atoms with Crippen LogP contribution in [0.1, 0.15) is 47.8 Å². The molecule has 2 aromatic rings. The van der Waals surface area contributed by atoms with Gasteiger partial charge in [0.05, 0.1) is 17.7 Å². The Balaban J connectivity index is 1.84. The van der Waals surface area contributed by atoms with Crippen molar-refractivity contribution in [1.82, 2.24) is 10.3 Å². The zero-order valence-electron chi connectivity index (χ0n) is 15.2. The van der Waals surface area contributed by atoms with Crippen LogP contribution in [0.4, 0.5) is 4.79 Å². The number of carbonyl (C=O) groups is 3. The average Bonchev–Trinajstić information content (AvgIpc) is 2.89. The number of aromatic nitrogens is 1. The summed E-state index contributed by atoms with van der Waals surface area (Å²) in [7, 11) is 0. The lowest BCUT2D eigenvalue weighted by atomic mass is 9.97. The number of nitrogens with one attached hydrogen (secondary N) is 1. The van der Waals surface area contributed by atoms with Gasteiger partial charge < -0.3 is 9.47 Å². The summed E-state index contributed by atoms with van der Waals surface area (Å²) >= 11 is 0. The normalized spacial score (nSPS) is 13.4. The molecule has 0 unspecified atom stereocenters. The monoisotopic (exact) mass is 370 g/mol. The first kappa shape index (κ1) is 18.8. The fraction of sp³-hybridized carbons (Fsp3) is 0.400. The van der Waals surface area contributed by atoms with Crippen LogP contribution in [0.2, 0.25) is 0 Å². The molecule has 1 aliphatic rings. The molecule has 3 rings (SSSR count). The number of hydrogen-bond acceptors (Lipinski definition) is 6. The van der Waals surface area contributed by atoms with Crippen LogP contribution in [0.25, 0.3) is 10.9 Å². The minimum atomic E-state index is -0.859. The summed E-state index contributed by atoms with van der Waals surface area (Å²) in [5.74, 6) is -1.31. The first-order chi connectivity index (χ1) is 13.1. The van der Waals surface area contributed by atoms with Gasteiger partial charge in [0.1, 0.15) is 0 Å². The third kappa shape index (κ3) is 4.42. The highest BCUT2D eigenvalue weighted by atomic mass is 16.6. The molecule has 1 aromatic heterocycles. The molecule has 7 nitrogen and oxygen atoms in total. The molecule has 1 N–H and O–H groups in total. The van der Waals surface area contributed by atoms with E-state index < -0.39 is 24.6 Å². The Morgan fingerprint density at radius 3 is 2.67 bits per heavy atom. The summed E-state index contributed by atoms with van der Waals surface area (Å²) in [5.41, 5.74) is 3.04. The number of carbonyl (C=O) groups excluding carboxylic acids is 3. The Hall–Kier alpha value is -2.96. The standard InChI is InChI=1S/C20H22N2O5/c1-2-26-20(25)22-17(23)12-27-19(24)18-13-8-4-3-5-10-15(13)21-16-11-7-6-9-14(16)18/h6-7,9,11H,2-5,8,10,12H2,1H3,(H,22,23,25). The zero-order chi connectivity index (χ0) is 19.2. The summed E-state index contributed by atoms with van der Waals surface area (Å²) in [6.45, 7) is 1.22. The number of rotatable bonds is 4. The SMILES string of the molecule is CCOC(=O)NC(=O)COC(=O)c1c2c(nc3ccccc13)CCCCC2. The van der Waals surface area contributed by atoms with E-state index in [4.69, 9.17) is 9.72 Å². The molecule has 0 aliphatic heterocycles. The van der Waals surface area contributed by atoms with E-state index in [0.29, 0.717) is 10.9 Å². The van der Waals surface area contributed by atoms with E-state index in [9.17, 15) is 14.4 Å². The van der Waals surface area contributed by atoms with Crippen LogP contribution < -0.4 is 5.32 Å². The summed E-state index contributed by atoms with van der Waals surface area (Å²) in [6, 6.07) is 7.42. The van der Waals surface area contributed by atoms with E-state index in [2.05, 4.69) is 4.74 Å². The van der Waals surface area contributed by atoms with Gasteiger partial charge in [-0.05, 0) is 44.2 Å². The predicted molar refractivity (Wildman–Crippen MR) is 98.4 cm³/mol. The molecule has 0 fully saturated rings.